The van der Waals surface area contributed by atoms with Crippen LogP contribution in [0, 0.1) is 18.3 Å². The number of thioether (sulfide) groups is 1. The number of benzene rings is 1. The Morgan fingerprint density at radius 3 is 2.70 bits per heavy atom. The van der Waals surface area contributed by atoms with Crippen molar-refractivity contribution in [3.05, 3.63) is 48.2 Å². The van der Waals surface area contributed by atoms with Crippen LogP contribution >= 0.6 is 11.8 Å². The number of anilines is 1. The molecule has 6 nitrogen and oxygen atoms in total. The molecule has 0 aliphatic heterocycles. The summed E-state index contributed by atoms with van der Waals surface area (Å²) in [5, 5.41) is 13.6. The minimum Gasteiger partial charge on any atom is -0.354 e. The van der Waals surface area contributed by atoms with Crippen LogP contribution in [-0.2, 0) is 0 Å². The van der Waals surface area contributed by atoms with E-state index in [-0.39, 0.29) is 5.69 Å². The van der Waals surface area contributed by atoms with Crippen LogP contribution in [0.15, 0.2) is 42.1 Å². The number of nitriles is 1. The van der Waals surface area contributed by atoms with Crippen molar-refractivity contribution in [2.75, 3.05) is 17.6 Å². The Morgan fingerprint density at radius 1 is 1.26 bits per heavy atom. The van der Waals surface area contributed by atoms with Crippen LogP contribution in [0.5, 0.6) is 0 Å². The highest BCUT2D eigenvalue weighted by atomic mass is 32.2. The average Bonchev–Trinajstić information content (AvgIpc) is 3.05. The number of hydrogen-bond acceptors (Lipinski definition) is 6. The van der Waals surface area contributed by atoms with E-state index in [9.17, 15) is 5.26 Å². The van der Waals surface area contributed by atoms with Gasteiger partial charge in [0.15, 0.2) is 16.5 Å². The third-order valence-electron chi connectivity index (χ3n) is 4.02. The summed E-state index contributed by atoms with van der Waals surface area (Å²) in [5.74, 6) is 1.17. The Balaban J connectivity index is 2.18. The van der Waals surface area contributed by atoms with Crippen molar-refractivity contribution >= 4 is 28.9 Å². The fourth-order valence-electron chi connectivity index (χ4n) is 2.63. The number of aromatic nitrogens is 4. The zero-order valence-corrected chi connectivity index (χ0v) is 16.4. The summed E-state index contributed by atoms with van der Waals surface area (Å²) < 4.78 is 1.98. The molecule has 1 aromatic carbocycles. The molecule has 2 aromatic heterocycles. The summed E-state index contributed by atoms with van der Waals surface area (Å²) >= 11 is 1.55. The number of aryl methyl sites for hydroxylation is 1. The van der Waals surface area contributed by atoms with Crippen molar-refractivity contribution in [1.29, 1.82) is 5.26 Å². The van der Waals surface area contributed by atoms with E-state index in [0.29, 0.717) is 22.9 Å². The first-order valence-electron chi connectivity index (χ1n) is 8.93. The van der Waals surface area contributed by atoms with Gasteiger partial charge in [0.2, 0.25) is 5.95 Å². The highest BCUT2D eigenvalue weighted by Gasteiger charge is 2.19. The number of nitrogens with one attached hydrogen (secondary N) is 1. The molecule has 0 saturated heterocycles. The molecule has 7 heteroatoms. The average molecular weight is 379 g/mol. The number of imidazole rings is 1. The quantitative estimate of drug-likeness (QED) is 0.353. The van der Waals surface area contributed by atoms with Crippen LogP contribution < -0.4 is 5.32 Å². The molecule has 0 radical (unpaired) electrons. The normalized spacial score (nSPS) is 10.7. The van der Waals surface area contributed by atoms with E-state index in [1.807, 2.05) is 22.8 Å². The first kappa shape index (κ1) is 18.9. The molecule has 0 atom stereocenters. The minimum absolute atomic E-state index is 0.283. The standard InChI is InChI=1S/C20H22N6S/c1-4-6-11-22-19-23-16(13-21)17-18(25-19)26(20(24-17)27-12-5-2)15-9-7-14(3)8-10-15/h5,7-10H,2,4,6,11-12H2,1,3H3,(H,22,23,25). The van der Waals surface area contributed by atoms with Gasteiger partial charge < -0.3 is 5.32 Å². The zero-order chi connectivity index (χ0) is 19.2. The van der Waals surface area contributed by atoms with Crippen LogP contribution in [0.1, 0.15) is 31.0 Å². The summed E-state index contributed by atoms with van der Waals surface area (Å²) in [7, 11) is 0. The lowest BCUT2D eigenvalue weighted by molar-refractivity contribution is 0.826. The lowest BCUT2D eigenvalue weighted by Crippen LogP contribution is -2.07. The number of hydrogen-bond donors (Lipinski definition) is 1. The smallest absolute Gasteiger partial charge is 0.226 e. The Labute approximate surface area is 163 Å². The van der Waals surface area contributed by atoms with Gasteiger partial charge in [0, 0.05) is 18.0 Å². The number of nitrogens with zero attached hydrogens (tertiary/aromatic N) is 5. The third kappa shape index (κ3) is 4.12. The highest BCUT2D eigenvalue weighted by Crippen LogP contribution is 2.29. The molecule has 0 aliphatic carbocycles. The maximum atomic E-state index is 9.57. The second-order valence-corrected chi connectivity index (χ2v) is 7.11. The molecular weight excluding hydrogens is 356 g/mol. The van der Waals surface area contributed by atoms with Crippen molar-refractivity contribution in [3.8, 4) is 11.8 Å². The summed E-state index contributed by atoms with van der Waals surface area (Å²) in [6.07, 6.45) is 3.92. The fraction of sp³-hybridized carbons (Fsp3) is 0.300. The molecular formula is C20H22N6S. The lowest BCUT2D eigenvalue weighted by atomic mass is 10.2. The van der Waals surface area contributed by atoms with Gasteiger partial charge in [-0.15, -0.1) is 6.58 Å². The van der Waals surface area contributed by atoms with Crippen LogP contribution in [-0.4, -0.2) is 31.8 Å². The van der Waals surface area contributed by atoms with Crippen LogP contribution in [0.4, 0.5) is 5.95 Å². The van der Waals surface area contributed by atoms with E-state index in [4.69, 9.17) is 0 Å². The summed E-state index contributed by atoms with van der Waals surface area (Å²) in [6, 6.07) is 10.3. The van der Waals surface area contributed by atoms with Crippen molar-refractivity contribution in [1.82, 2.24) is 19.5 Å². The molecule has 0 amide bonds. The molecule has 0 aliphatic rings. The third-order valence-corrected chi connectivity index (χ3v) is 4.95. The molecule has 3 aromatic rings. The maximum Gasteiger partial charge on any atom is 0.226 e. The SMILES string of the molecule is C=CCSc1nc2c(C#N)nc(NCCCC)nc2n1-c1ccc(C)cc1. The zero-order valence-electron chi connectivity index (χ0n) is 15.6. The highest BCUT2D eigenvalue weighted by molar-refractivity contribution is 7.99. The second kappa shape index (κ2) is 8.69. The summed E-state index contributed by atoms with van der Waals surface area (Å²) in [5.41, 5.74) is 3.57. The lowest BCUT2D eigenvalue weighted by Gasteiger charge is -2.09. The van der Waals surface area contributed by atoms with Crippen molar-refractivity contribution in [2.24, 2.45) is 0 Å². The summed E-state index contributed by atoms with van der Waals surface area (Å²) in [4.78, 5) is 13.7. The summed E-state index contributed by atoms with van der Waals surface area (Å²) in [6.45, 7) is 8.73. The number of fused-ring (bicyclic) bond motifs is 1. The molecule has 1 N–H and O–H groups in total. The van der Waals surface area contributed by atoms with Gasteiger partial charge in [-0.2, -0.15) is 15.2 Å². The van der Waals surface area contributed by atoms with Gasteiger partial charge >= 0.3 is 0 Å². The van der Waals surface area contributed by atoms with Gasteiger partial charge in [-0.05, 0) is 25.5 Å². The number of unbranched alkanes of at least 4 members (excludes halogenated alkanes) is 1. The van der Waals surface area contributed by atoms with Gasteiger partial charge in [-0.25, -0.2) is 4.98 Å². The van der Waals surface area contributed by atoms with Crippen molar-refractivity contribution < 1.29 is 0 Å². The Kier molecular flexibility index (Phi) is 6.09. The maximum absolute atomic E-state index is 9.57. The molecule has 0 saturated carbocycles. The molecule has 27 heavy (non-hydrogen) atoms. The first-order chi connectivity index (χ1) is 13.2. The Hall–Kier alpha value is -2.85. The van der Waals surface area contributed by atoms with Crippen LogP contribution in [0.2, 0.25) is 0 Å². The van der Waals surface area contributed by atoms with E-state index in [1.165, 1.54) is 5.56 Å². The Bertz CT molecular complexity index is 984. The van der Waals surface area contributed by atoms with Crippen molar-refractivity contribution in [3.63, 3.8) is 0 Å². The van der Waals surface area contributed by atoms with E-state index in [0.717, 1.165) is 30.2 Å². The minimum atomic E-state index is 0.283. The molecule has 0 fully saturated rings. The molecule has 3 rings (SSSR count). The first-order valence-corrected chi connectivity index (χ1v) is 9.91. The van der Waals surface area contributed by atoms with Gasteiger partial charge in [0.25, 0.3) is 0 Å². The molecule has 0 spiro atoms. The van der Waals surface area contributed by atoms with Gasteiger partial charge in [-0.3, -0.25) is 4.57 Å². The monoisotopic (exact) mass is 378 g/mol. The van der Waals surface area contributed by atoms with E-state index >= 15 is 0 Å². The second-order valence-electron chi connectivity index (χ2n) is 6.13. The van der Waals surface area contributed by atoms with E-state index in [1.54, 1.807) is 11.8 Å². The van der Waals surface area contributed by atoms with E-state index < -0.39 is 0 Å². The molecule has 138 valence electrons. The predicted octanol–water partition coefficient (Wildman–Crippen LogP) is 4.49. The van der Waals surface area contributed by atoms with Gasteiger partial charge in [0.1, 0.15) is 11.6 Å². The van der Waals surface area contributed by atoms with Gasteiger partial charge in [-0.1, -0.05) is 48.9 Å². The molecule has 0 unspecified atom stereocenters. The largest absolute Gasteiger partial charge is 0.354 e. The predicted molar refractivity (Wildman–Crippen MR) is 110 cm³/mol. The fourth-order valence-corrected chi connectivity index (χ4v) is 3.37. The van der Waals surface area contributed by atoms with Crippen LogP contribution in [0.3, 0.4) is 0 Å². The molecule has 2 heterocycles. The van der Waals surface area contributed by atoms with Gasteiger partial charge in [0.05, 0.1) is 0 Å². The molecule has 0 bridgehead atoms. The number of rotatable bonds is 8. The topological polar surface area (TPSA) is 79.4 Å². The van der Waals surface area contributed by atoms with Crippen LogP contribution in [0.25, 0.3) is 16.9 Å². The Morgan fingerprint density at radius 2 is 2.04 bits per heavy atom. The van der Waals surface area contributed by atoms with E-state index in [2.05, 4.69) is 58.9 Å². The van der Waals surface area contributed by atoms with Crippen molar-refractivity contribution in [2.45, 2.75) is 31.8 Å².